The minimum atomic E-state index is -0.541. The zero-order chi connectivity index (χ0) is 24.2. The molecule has 4 aromatic rings. The topological polar surface area (TPSA) is 109 Å². The lowest BCUT2D eigenvalue weighted by molar-refractivity contribution is 0.105. The number of hydrogen-bond donors (Lipinski definition) is 4. The van der Waals surface area contributed by atoms with Crippen molar-refractivity contribution >= 4 is 32.9 Å². The molecule has 0 amide bonds. The standard InChI is InChI=1S/C26H35N5O2S/c1-16(2)10-20(27)22(33)12-17(3)11-19(15-32)29-25-8-9-26-28-14-21(31(26)30-25)24-13-18-6-4-5-7-23(18)34-24/h4-9,13-14,16-17,19-20,22,32-33H,10-12,15,27H2,1-3H3,(H,29,30). The highest BCUT2D eigenvalue weighted by molar-refractivity contribution is 7.22. The van der Waals surface area contributed by atoms with Gasteiger partial charge in [-0.1, -0.05) is 39.0 Å². The van der Waals surface area contributed by atoms with E-state index in [0.29, 0.717) is 24.6 Å². The molecule has 4 rings (SSSR count). The zero-order valence-electron chi connectivity index (χ0n) is 20.1. The quantitative estimate of drug-likeness (QED) is 0.251. The highest BCUT2D eigenvalue weighted by Crippen LogP contribution is 2.33. The molecule has 1 aromatic carbocycles. The molecule has 0 spiro atoms. The Kier molecular flexibility index (Phi) is 7.83. The lowest BCUT2D eigenvalue weighted by Crippen LogP contribution is -2.37. The van der Waals surface area contributed by atoms with Gasteiger partial charge in [0, 0.05) is 10.7 Å². The van der Waals surface area contributed by atoms with Gasteiger partial charge in [-0.2, -0.15) is 0 Å². The Balaban J connectivity index is 1.46. The van der Waals surface area contributed by atoms with Crippen molar-refractivity contribution in [3.05, 3.63) is 48.7 Å². The fourth-order valence-corrected chi connectivity index (χ4v) is 5.54. The number of thiophene rings is 1. The SMILES string of the molecule is CC(C)CC(N)C(O)CC(C)CC(CO)Nc1ccc2ncc(-c3cc4ccccc4s3)n2n1. The number of hydrogen-bond acceptors (Lipinski definition) is 7. The molecule has 3 heterocycles. The first-order valence-corrected chi connectivity index (χ1v) is 12.8. The highest BCUT2D eigenvalue weighted by atomic mass is 32.1. The van der Waals surface area contributed by atoms with E-state index in [1.54, 1.807) is 11.3 Å². The molecular weight excluding hydrogens is 446 g/mol. The van der Waals surface area contributed by atoms with Crippen LogP contribution in [0.15, 0.2) is 48.7 Å². The van der Waals surface area contributed by atoms with Crippen molar-refractivity contribution in [1.29, 1.82) is 0 Å². The Morgan fingerprint density at radius 3 is 2.62 bits per heavy atom. The van der Waals surface area contributed by atoms with E-state index in [4.69, 9.17) is 10.8 Å². The molecule has 34 heavy (non-hydrogen) atoms. The predicted octanol–water partition coefficient (Wildman–Crippen LogP) is 4.53. The fraction of sp³-hybridized carbons (Fsp3) is 0.462. The number of rotatable bonds is 11. The summed E-state index contributed by atoms with van der Waals surface area (Å²) in [5.74, 6) is 1.33. The van der Waals surface area contributed by atoms with Gasteiger partial charge in [0.1, 0.15) is 11.5 Å². The summed E-state index contributed by atoms with van der Waals surface area (Å²) >= 11 is 1.72. The van der Waals surface area contributed by atoms with Crippen LogP contribution in [-0.2, 0) is 0 Å². The van der Waals surface area contributed by atoms with Crippen LogP contribution in [0.3, 0.4) is 0 Å². The number of anilines is 1. The molecule has 0 bridgehead atoms. The Morgan fingerprint density at radius 1 is 1.09 bits per heavy atom. The maximum atomic E-state index is 10.5. The molecule has 0 saturated carbocycles. The number of benzene rings is 1. The van der Waals surface area contributed by atoms with Crippen LogP contribution in [0.5, 0.6) is 0 Å². The fourth-order valence-electron chi connectivity index (χ4n) is 4.49. The molecule has 0 radical (unpaired) electrons. The van der Waals surface area contributed by atoms with E-state index >= 15 is 0 Å². The summed E-state index contributed by atoms with van der Waals surface area (Å²) < 4.78 is 3.07. The van der Waals surface area contributed by atoms with Gasteiger partial charge >= 0.3 is 0 Å². The third-order valence-corrected chi connectivity index (χ3v) is 7.32. The van der Waals surface area contributed by atoms with Crippen molar-refractivity contribution in [2.75, 3.05) is 11.9 Å². The van der Waals surface area contributed by atoms with E-state index in [9.17, 15) is 10.2 Å². The molecule has 4 atom stereocenters. The van der Waals surface area contributed by atoms with Crippen LogP contribution < -0.4 is 11.1 Å². The van der Waals surface area contributed by atoms with Gasteiger partial charge in [0.15, 0.2) is 5.65 Å². The van der Waals surface area contributed by atoms with E-state index in [1.807, 2.05) is 35.0 Å². The van der Waals surface area contributed by atoms with E-state index < -0.39 is 6.10 Å². The second kappa shape index (κ2) is 10.8. The van der Waals surface area contributed by atoms with E-state index in [1.165, 1.54) is 10.1 Å². The van der Waals surface area contributed by atoms with Crippen molar-refractivity contribution in [2.24, 2.45) is 17.6 Å². The molecule has 182 valence electrons. The molecule has 7 nitrogen and oxygen atoms in total. The number of imidazole rings is 1. The lowest BCUT2D eigenvalue weighted by Gasteiger charge is -2.26. The van der Waals surface area contributed by atoms with Crippen molar-refractivity contribution in [1.82, 2.24) is 14.6 Å². The second-order valence-corrected chi connectivity index (χ2v) is 10.8. The summed E-state index contributed by atoms with van der Waals surface area (Å²) in [6.07, 6.45) is 3.42. The van der Waals surface area contributed by atoms with Gasteiger partial charge in [-0.05, 0) is 60.7 Å². The predicted molar refractivity (Wildman–Crippen MR) is 140 cm³/mol. The van der Waals surface area contributed by atoms with Crippen LogP contribution in [0.4, 0.5) is 5.82 Å². The van der Waals surface area contributed by atoms with Crippen molar-refractivity contribution in [3.63, 3.8) is 0 Å². The van der Waals surface area contributed by atoms with Crippen LogP contribution in [-0.4, -0.2) is 49.6 Å². The number of aliphatic hydroxyl groups is 2. The first-order valence-electron chi connectivity index (χ1n) is 12.0. The number of nitrogens with one attached hydrogen (secondary N) is 1. The molecular formula is C26H35N5O2S. The Morgan fingerprint density at radius 2 is 1.88 bits per heavy atom. The second-order valence-electron chi connectivity index (χ2n) is 9.74. The summed E-state index contributed by atoms with van der Waals surface area (Å²) in [6, 6.07) is 13.9. The first kappa shape index (κ1) is 24.6. The van der Waals surface area contributed by atoms with Crippen molar-refractivity contribution in [3.8, 4) is 10.6 Å². The van der Waals surface area contributed by atoms with Crippen LogP contribution in [0.2, 0.25) is 0 Å². The van der Waals surface area contributed by atoms with E-state index in [2.05, 4.69) is 49.3 Å². The smallest absolute Gasteiger partial charge is 0.154 e. The molecule has 0 fully saturated rings. The Hall–Kier alpha value is -2.52. The van der Waals surface area contributed by atoms with Gasteiger partial charge in [0.05, 0.1) is 29.8 Å². The maximum Gasteiger partial charge on any atom is 0.154 e. The minimum Gasteiger partial charge on any atom is -0.394 e. The molecule has 5 N–H and O–H groups in total. The number of nitrogens with zero attached hydrogens (tertiary/aromatic N) is 3. The number of aromatic nitrogens is 3. The molecule has 3 aromatic heterocycles. The van der Waals surface area contributed by atoms with E-state index in [0.717, 1.165) is 22.6 Å². The number of nitrogens with two attached hydrogens (primary N) is 1. The molecule has 0 aliphatic carbocycles. The third-order valence-electron chi connectivity index (χ3n) is 6.18. The minimum absolute atomic E-state index is 0.0225. The van der Waals surface area contributed by atoms with Crippen LogP contribution in [0, 0.1) is 11.8 Å². The van der Waals surface area contributed by atoms with Gasteiger partial charge in [-0.3, -0.25) is 0 Å². The normalized spacial score (nSPS) is 15.6. The van der Waals surface area contributed by atoms with Gasteiger partial charge < -0.3 is 21.3 Å². The van der Waals surface area contributed by atoms with Crippen LogP contribution in [0.25, 0.3) is 26.3 Å². The number of fused-ring (bicyclic) bond motifs is 2. The number of aliphatic hydroxyl groups excluding tert-OH is 2. The molecule has 0 aliphatic rings. The van der Waals surface area contributed by atoms with Crippen LogP contribution in [0.1, 0.15) is 40.0 Å². The van der Waals surface area contributed by atoms with Crippen LogP contribution >= 0.6 is 11.3 Å². The zero-order valence-corrected chi connectivity index (χ0v) is 20.9. The molecule has 0 aliphatic heterocycles. The summed E-state index contributed by atoms with van der Waals surface area (Å²) in [6.45, 7) is 6.28. The molecule has 4 unspecified atom stereocenters. The van der Waals surface area contributed by atoms with Gasteiger partial charge in [0.2, 0.25) is 0 Å². The van der Waals surface area contributed by atoms with E-state index in [-0.39, 0.29) is 24.6 Å². The summed E-state index contributed by atoms with van der Waals surface area (Å²) in [4.78, 5) is 5.62. The lowest BCUT2D eigenvalue weighted by atomic mass is 9.90. The molecule has 0 saturated heterocycles. The summed E-state index contributed by atoms with van der Waals surface area (Å²) in [5, 5.41) is 29.8. The largest absolute Gasteiger partial charge is 0.394 e. The molecule has 8 heteroatoms. The van der Waals surface area contributed by atoms with Gasteiger partial charge in [-0.25, -0.2) is 9.50 Å². The maximum absolute atomic E-state index is 10.5. The van der Waals surface area contributed by atoms with Crippen molar-refractivity contribution in [2.45, 2.75) is 58.2 Å². The van der Waals surface area contributed by atoms with Crippen molar-refractivity contribution < 1.29 is 10.2 Å². The third kappa shape index (κ3) is 5.75. The monoisotopic (exact) mass is 481 g/mol. The Bertz CT molecular complexity index is 1190. The van der Waals surface area contributed by atoms with Gasteiger partial charge in [-0.15, -0.1) is 16.4 Å². The first-order chi connectivity index (χ1) is 16.3. The highest BCUT2D eigenvalue weighted by Gasteiger charge is 2.21. The van der Waals surface area contributed by atoms with Gasteiger partial charge in [0.25, 0.3) is 0 Å². The average Bonchev–Trinajstić information content (AvgIpc) is 3.41. The average molecular weight is 482 g/mol. The summed E-state index contributed by atoms with van der Waals surface area (Å²) in [5.41, 5.74) is 7.86. The Labute approximate surface area is 204 Å². The summed E-state index contributed by atoms with van der Waals surface area (Å²) in [7, 11) is 0.